The first-order valence-electron chi connectivity index (χ1n) is 5.58. The third-order valence-corrected chi connectivity index (χ3v) is 4.14. The molecule has 2 aromatic rings. The second-order valence-electron chi connectivity index (χ2n) is 4.13. The van der Waals surface area contributed by atoms with Crippen molar-refractivity contribution < 1.29 is 0 Å². The van der Waals surface area contributed by atoms with E-state index in [-0.39, 0.29) is 5.95 Å². The topological polar surface area (TPSA) is 84.7 Å². The van der Waals surface area contributed by atoms with Crippen LogP contribution >= 0.6 is 11.3 Å². The summed E-state index contributed by atoms with van der Waals surface area (Å²) in [5.74, 6) is 0.553. The summed E-state index contributed by atoms with van der Waals surface area (Å²) in [4.78, 5) is 23.8. The summed E-state index contributed by atoms with van der Waals surface area (Å²) in [6, 6.07) is 2.11. The molecule has 2 aromatic heterocycles. The number of aryl methyl sites for hydroxylation is 2. The number of nitrogen functional groups attached to an aromatic ring is 1. The molecular weight excluding hydrogens is 236 g/mol. The average Bonchev–Trinajstić information content (AvgIpc) is 2.71. The van der Waals surface area contributed by atoms with Crippen LogP contribution in [0.1, 0.15) is 23.3 Å². The van der Waals surface area contributed by atoms with Crippen LogP contribution in [0.25, 0.3) is 10.7 Å². The predicted octanol–water partition coefficient (Wildman–Crippen LogP) is 1.35. The monoisotopic (exact) mass is 248 g/mol. The minimum atomic E-state index is -0.445. The molecule has 0 radical (unpaired) electrons. The molecule has 0 atom stereocenters. The summed E-state index contributed by atoms with van der Waals surface area (Å²) in [6.45, 7) is 0. The summed E-state index contributed by atoms with van der Waals surface area (Å²) < 4.78 is 0. The molecular formula is C11H12N4OS. The Morgan fingerprint density at radius 1 is 1.29 bits per heavy atom. The lowest BCUT2D eigenvalue weighted by molar-refractivity contribution is 0.697. The molecule has 1 aliphatic rings. The molecule has 2 heterocycles. The lowest BCUT2D eigenvalue weighted by Crippen LogP contribution is -2.15. The average molecular weight is 248 g/mol. The highest BCUT2D eigenvalue weighted by molar-refractivity contribution is 7.15. The van der Waals surface area contributed by atoms with E-state index in [1.54, 1.807) is 11.3 Å². The first-order valence-corrected chi connectivity index (χ1v) is 6.40. The van der Waals surface area contributed by atoms with E-state index < -0.39 is 5.69 Å². The fraction of sp³-hybridized carbons (Fsp3) is 0.364. The molecule has 0 aromatic carbocycles. The van der Waals surface area contributed by atoms with Gasteiger partial charge in [0.1, 0.15) is 0 Å². The van der Waals surface area contributed by atoms with Crippen molar-refractivity contribution in [1.82, 2.24) is 15.0 Å². The highest BCUT2D eigenvalue weighted by Gasteiger charge is 2.15. The van der Waals surface area contributed by atoms with Crippen molar-refractivity contribution in [2.24, 2.45) is 0 Å². The number of aromatic nitrogens is 3. The van der Waals surface area contributed by atoms with Crippen LogP contribution in [-0.2, 0) is 12.8 Å². The normalized spacial score (nSPS) is 14.6. The van der Waals surface area contributed by atoms with E-state index >= 15 is 0 Å². The number of anilines is 1. The number of rotatable bonds is 1. The Labute approximate surface area is 102 Å². The highest BCUT2D eigenvalue weighted by Crippen LogP contribution is 2.33. The van der Waals surface area contributed by atoms with Crippen LogP contribution in [0.4, 0.5) is 5.95 Å². The predicted molar refractivity (Wildman–Crippen MR) is 67.0 cm³/mol. The Morgan fingerprint density at radius 3 is 2.88 bits per heavy atom. The largest absolute Gasteiger partial charge is 0.368 e. The maximum absolute atomic E-state index is 11.2. The van der Waals surface area contributed by atoms with Crippen molar-refractivity contribution >= 4 is 17.3 Å². The number of hydrogen-bond acceptors (Lipinski definition) is 5. The quantitative estimate of drug-likeness (QED) is 0.798. The fourth-order valence-corrected chi connectivity index (χ4v) is 3.32. The number of nitrogens with one attached hydrogen (secondary N) is 1. The van der Waals surface area contributed by atoms with Crippen molar-refractivity contribution in [3.8, 4) is 10.7 Å². The van der Waals surface area contributed by atoms with E-state index in [2.05, 4.69) is 21.0 Å². The van der Waals surface area contributed by atoms with E-state index in [9.17, 15) is 4.79 Å². The lowest BCUT2D eigenvalue weighted by atomic mass is 9.99. The van der Waals surface area contributed by atoms with Crippen LogP contribution in [0.5, 0.6) is 0 Å². The van der Waals surface area contributed by atoms with Crippen molar-refractivity contribution in [3.05, 3.63) is 27.0 Å². The zero-order chi connectivity index (χ0) is 11.8. The lowest BCUT2D eigenvalue weighted by Gasteiger charge is -2.08. The summed E-state index contributed by atoms with van der Waals surface area (Å²) in [7, 11) is 0. The molecule has 1 aliphatic carbocycles. The molecule has 17 heavy (non-hydrogen) atoms. The standard InChI is InChI=1S/C11H12N4OS/c12-10-13-9(14-11(16)15-10)8-5-6-3-1-2-4-7(6)17-8/h5H,1-4H2,(H3,12,13,14,15,16). The maximum Gasteiger partial charge on any atom is 0.349 e. The molecule has 0 fully saturated rings. The maximum atomic E-state index is 11.2. The summed E-state index contributed by atoms with van der Waals surface area (Å²) in [5, 5.41) is 0. The van der Waals surface area contributed by atoms with E-state index in [0.717, 1.165) is 17.7 Å². The van der Waals surface area contributed by atoms with Crippen LogP contribution in [0.15, 0.2) is 10.9 Å². The number of thiophene rings is 1. The molecule has 0 saturated heterocycles. The molecule has 6 heteroatoms. The Hall–Kier alpha value is -1.69. The minimum absolute atomic E-state index is 0.0233. The number of nitrogens with zero attached hydrogens (tertiary/aromatic N) is 2. The van der Waals surface area contributed by atoms with Gasteiger partial charge in [0.15, 0.2) is 5.82 Å². The minimum Gasteiger partial charge on any atom is -0.368 e. The van der Waals surface area contributed by atoms with Gasteiger partial charge in [-0.1, -0.05) is 0 Å². The highest BCUT2D eigenvalue weighted by atomic mass is 32.1. The molecule has 0 saturated carbocycles. The van der Waals surface area contributed by atoms with Crippen LogP contribution < -0.4 is 11.4 Å². The fourth-order valence-electron chi connectivity index (χ4n) is 2.12. The van der Waals surface area contributed by atoms with Crippen LogP contribution in [0.3, 0.4) is 0 Å². The molecule has 5 nitrogen and oxygen atoms in total. The van der Waals surface area contributed by atoms with E-state index in [0.29, 0.717) is 5.82 Å². The molecule has 3 N–H and O–H groups in total. The van der Waals surface area contributed by atoms with Crippen LogP contribution in [-0.4, -0.2) is 15.0 Å². The zero-order valence-corrected chi connectivity index (χ0v) is 10.0. The smallest absolute Gasteiger partial charge is 0.349 e. The van der Waals surface area contributed by atoms with Gasteiger partial charge in [0.2, 0.25) is 5.95 Å². The van der Waals surface area contributed by atoms with E-state index in [1.807, 2.05) is 0 Å². The molecule has 0 unspecified atom stereocenters. The summed E-state index contributed by atoms with van der Waals surface area (Å²) in [6.07, 6.45) is 4.74. The van der Waals surface area contributed by atoms with Gasteiger partial charge in [0.05, 0.1) is 4.88 Å². The first kappa shape index (κ1) is 10.5. The van der Waals surface area contributed by atoms with Crippen LogP contribution in [0, 0.1) is 0 Å². The first-order chi connectivity index (χ1) is 8.22. The molecule has 0 spiro atoms. The summed E-state index contributed by atoms with van der Waals surface area (Å²) in [5.41, 5.74) is 6.42. The van der Waals surface area contributed by atoms with Crippen molar-refractivity contribution in [2.75, 3.05) is 5.73 Å². The van der Waals surface area contributed by atoms with Gasteiger partial charge in [0.25, 0.3) is 0 Å². The second-order valence-corrected chi connectivity index (χ2v) is 5.26. The molecule has 0 bridgehead atoms. The Bertz CT molecular complexity index is 593. The SMILES string of the molecule is Nc1nc(-c2cc3c(s2)CCCC3)[nH]c(=O)n1. The van der Waals surface area contributed by atoms with E-state index in [4.69, 9.17) is 5.73 Å². The molecule has 0 amide bonds. The number of fused-ring (bicyclic) bond motifs is 1. The van der Waals surface area contributed by atoms with E-state index in [1.165, 1.54) is 23.3 Å². The number of aromatic amines is 1. The third-order valence-electron chi connectivity index (χ3n) is 2.90. The Morgan fingerprint density at radius 2 is 2.12 bits per heavy atom. The van der Waals surface area contributed by atoms with Gasteiger partial charge in [0, 0.05) is 4.88 Å². The van der Waals surface area contributed by atoms with Crippen LogP contribution in [0.2, 0.25) is 0 Å². The van der Waals surface area contributed by atoms with Gasteiger partial charge in [-0.25, -0.2) is 4.79 Å². The van der Waals surface area contributed by atoms with Crippen molar-refractivity contribution in [2.45, 2.75) is 25.7 Å². The molecule has 0 aliphatic heterocycles. The molecule has 3 rings (SSSR count). The van der Waals surface area contributed by atoms with Crippen molar-refractivity contribution in [1.29, 1.82) is 0 Å². The van der Waals surface area contributed by atoms with Gasteiger partial charge in [-0.3, -0.25) is 4.98 Å². The van der Waals surface area contributed by atoms with Crippen molar-refractivity contribution in [3.63, 3.8) is 0 Å². The Kier molecular flexibility index (Phi) is 2.44. The zero-order valence-electron chi connectivity index (χ0n) is 9.19. The summed E-state index contributed by atoms with van der Waals surface area (Å²) >= 11 is 1.69. The second kappa shape index (κ2) is 3.96. The molecule has 88 valence electrons. The number of H-pyrrole nitrogens is 1. The third kappa shape index (κ3) is 1.95. The van der Waals surface area contributed by atoms with Gasteiger partial charge in [-0.2, -0.15) is 9.97 Å². The van der Waals surface area contributed by atoms with Gasteiger partial charge < -0.3 is 5.73 Å². The number of hydrogen-bond donors (Lipinski definition) is 2. The van der Waals surface area contributed by atoms with Gasteiger partial charge >= 0.3 is 5.69 Å². The van der Waals surface area contributed by atoms with Gasteiger partial charge in [-0.05, 0) is 37.3 Å². The van der Waals surface area contributed by atoms with Gasteiger partial charge in [-0.15, -0.1) is 11.3 Å². The Balaban J connectivity index is 2.08. The number of nitrogens with two attached hydrogens (primary N) is 1.